The van der Waals surface area contributed by atoms with E-state index in [2.05, 4.69) is 20.5 Å². The van der Waals surface area contributed by atoms with E-state index in [-0.39, 0.29) is 11.6 Å². The molecule has 6 nitrogen and oxygen atoms in total. The number of pyridine rings is 1. The molecule has 8 heteroatoms. The summed E-state index contributed by atoms with van der Waals surface area (Å²) in [4.78, 5) is 18.5. The van der Waals surface area contributed by atoms with Crippen LogP contribution in [0.3, 0.4) is 0 Å². The molecule has 0 bridgehead atoms. The third kappa shape index (κ3) is 4.66. The number of nitrogens with zero attached hydrogens (tertiary/aromatic N) is 2. The van der Waals surface area contributed by atoms with Crippen molar-refractivity contribution in [1.82, 2.24) is 10.3 Å². The maximum Gasteiger partial charge on any atom is 0.338 e. The van der Waals surface area contributed by atoms with Crippen LogP contribution >= 0.6 is 0 Å². The number of piperidine rings is 1. The molecule has 2 aromatic carbocycles. The summed E-state index contributed by atoms with van der Waals surface area (Å²) in [5.41, 5.74) is 0.444. The third-order valence-electron chi connectivity index (χ3n) is 6.08. The molecule has 0 unspecified atom stereocenters. The monoisotopic (exact) mass is 450 g/mol. The smallest absolute Gasteiger partial charge is 0.338 e. The van der Waals surface area contributed by atoms with Crippen molar-refractivity contribution in [2.75, 3.05) is 36.4 Å². The second-order valence-electron chi connectivity index (χ2n) is 8.26. The quantitative estimate of drug-likeness (QED) is 0.337. The van der Waals surface area contributed by atoms with Crippen molar-refractivity contribution >= 4 is 33.2 Å². The van der Waals surface area contributed by atoms with Crippen molar-refractivity contribution in [3.63, 3.8) is 0 Å². The number of halogens is 2. The largest absolute Gasteiger partial charge is 0.423 e. The van der Waals surface area contributed by atoms with Crippen LogP contribution in [-0.2, 0) is 0 Å². The maximum absolute atomic E-state index is 13.8. The number of benzene rings is 2. The molecule has 5 rings (SSSR count). The lowest BCUT2D eigenvalue weighted by molar-refractivity contribution is 0.420. The van der Waals surface area contributed by atoms with Crippen molar-refractivity contribution < 1.29 is 13.2 Å². The predicted octanol–water partition coefficient (Wildman–Crippen LogP) is 4.29. The summed E-state index contributed by atoms with van der Waals surface area (Å²) in [6.07, 6.45) is 3.65. The summed E-state index contributed by atoms with van der Waals surface area (Å²) in [6.45, 7) is 2.94. The number of nitrogens with one attached hydrogen (secondary N) is 2. The average Bonchev–Trinajstić information content (AvgIpc) is 2.82. The molecule has 1 fully saturated rings. The van der Waals surface area contributed by atoms with Crippen LogP contribution in [0.4, 0.5) is 20.3 Å². The Morgan fingerprint density at radius 2 is 1.73 bits per heavy atom. The molecule has 1 aliphatic heterocycles. The van der Waals surface area contributed by atoms with Crippen LogP contribution in [-0.4, -0.2) is 37.2 Å². The summed E-state index contributed by atoms with van der Waals surface area (Å²) in [7, 11) is 0. The maximum atomic E-state index is 13.8. The summed E-state index contributed by atoms with van der Waals surface area (Å²) < 4.78 is 32.5. The molecule has 1 saturated heterocycles. The van der Waals surface area contributed by atoms with Gasteiger partial charge in [-0.25, -0.2) is 18.6 Å². The lowest BCUT2D eigenvalue weighted by Gasteiger charge is -2.34. The van der Waals surface area contributed by atoms with E-state index in [9.17, 15) is 13.6 Å². The summed E-state index contributed by atoms with van der Waals surface area (Å²) >= 11 is 0. The molecule has 33 heavy (non-hydrogen) atoms. The van der Waals surface area contributed by atoms with Gasteiger partial charge in [0.2, 0.25) is 0 Å². The molecule has 3 heterocycles. The summed E-state index contributed by atoms with van der Waals surface area (Å²) in [5, 5.41) is 9.11. The molecule has 4 aromatic rings. The SMILES string of the molecule is O=c1cc(NCCNC2CCN(c3nccc4ccc(F)cc34)CC2)c2cc(F)ccc2o1. The minimum Gasteiger partial charge on any atom is -0.423 e. The van der Waals surface area contributed by atoms with E-state index >= 15 is 0 Å². The minimum atomic E-state index is -0.473. The van der Waals surface area contributed by atoms with Crippen molar-refractivity contribution in [3.05, 3.63) is 76.8 Å². The van der Waals surface area contributed by atoms with Crippen LogP contribution in [0.1, 0.15) is 12.8 Å². The zero-order valence-corrected chi connectivity index (χ0v) is 18.0. The zero-order chi connectivity index (χ0) is 22.8. The molecule has 0 spiro atoms. The Kier molecular flexibility index (Phi) is 5.92. The van der Waals surface area contributed by atoms with Crippen LogP contribution in [0.5, 0.6) is 0 Å². The van der Waals surface area contributed by atoms with Gasteiger partial charge in [-0.15, -0.1) is 0 Å². The number of hydrogen-bond donors (Lipinski definition) is 2. The van der Waals surface area contributed by atoms with E-state index in [0.717, 1.165) is 42.5 Å². The van der Waals surface area contributed by atoms with Gasteiger partial charge in [-0.05, 0) is 54.6 Å². The van der Waals surface area contributed by atoms with Crippen molar-refractivity contribution in [2.45, 2.75) is 18.9 Å². The van der Waals surface area contributed by atoms with Gasteiger partial charge in [0.1, 0.15) is 23.0 Å². The Balaban J connectivity index is 1.16. The van der Waals surface area contributed by atoms with Crippen LogP contribution in [0.25, 0.3) is 21.7 Å². The summed E-state index contributed by atoms with van der Waals surface area (Å²) in [6, 6.07) is 12.5. The van der Waals surface area contributed by atoms with E-state index in [1.165, 1.54) is 30.3 Å². The zero-order valence-electron chi connectivity index (χ0n) is 18.0. The number of aromatic nitrogens is 1. The van der Waals surface area contributed by atoms with Gasteiger partial charge < -0.3 is 20.0 Å². The Morgan fingerprint density at radius 1 is 0.970 bits per heavy atom. The molecule has 2 N–H and O–H groups in total. The first-order valence-electron chi connectivity index (χ1n) is 11.1. The van der Waals surface area contributed by atoms with Gasteiger partial charge in [0, 0.05) is 55.3 Å². The lowest BCUT2D eigenvalue weighted by Crippen LogP contribution is -2.44. The number of hydrogen-bond acceptors (Lipinski definition) is 6. The second-order valence-corrected chi connectivity index (χ2v) is 8.26. The molecular weight excluding hydrogens is 426 g/mol. The Morgan fingerprint density at radius 3 is 2.55 bits per heavy atom. The van der Waals surface area contributed by atoms with Crippen molar-refractivity contribution in [2.24, 2.45) is 0 Å². The lowest BCUT2D eigenvalue weighted by atomic mass is 10.0. The molecular formula is C25H24F2N4O2. The second kappa shape index (κ2) is 9.15. The molecule has 0 amide bonds. The molecule has 0 radical (unpaired) electrons. The fourth-order valence-corrected chi connectivity index (χ4v) is 4.43. The molecule has 2 aromatic heterocycles. The van der Waals surface area contributed by atoms with E-state index in [1.807, 2.05) is 6.07 Å². The van der Waals surface area contributed by atoms with E-state index < -0.39 is 5.63 Å². The molecule has 0 saturated carbocycles. The number of rotatable bonds is 6. The van der Waals surface area contributed by atoms with Gasteiger partial charge in [0.05, 0.1) is 5.69 Å². The fraction of sp³-hybridized carbons (Fsp3) is 0.280. The Hall–Kier alpha value is -3.52. The highest BCUT2D eigenvalue weighted by atomic mass is 19.1. The number of fused-ring (bicyclic) bond motifs is 2. The van der Waals surface area contributed by atoms with Crippen molar-refractivity contribution in [3.8, 4) is 0 Å². The highest BCUT2D eigenvalue weighted by molar-refractivity contribution is 5.92. The topological polar surface area (TPSA) is 70.4 Å². The van der Waals surface area contributed by atoms with Gasteiger partial charge in [0.25, 0.3) is 0 Å². The van der Waals surface area contributed by atoms with Crippen LogP contribution in [0.15, 0.2) is 63.9 Å². The molecule has 170 valence electrons. The fourth-order valence-electron chi connectivity index (χ4n) is 4.43. The van der Waals surface area contributed by atoms with Gasteiger partial charge >= 0.3 is 5.63 Å². The first kappa shape index (κ1) is 21.3. The number of anilines is 2. The first-order valence-corrected chi connectivity index (χ1v) is 11.1. The van der Waals surface area contributed by atoms with Gasteiger partial charge in [-0.3, -0.25) is 0 Å². The van der Waals surface area contributed by atoms with Gasteiger partial charge in [0.15, 0.2) is 0 Å². The van der Waals surface area contributed by atoms with Crippen molar-refractivity contribution in [1.29, 1.82) is 0 Å². The van der Waals surface area contributed by atoms with E-state index in [4.69, 9.17) is 4.42 Å². The van der Waals surface area contributed by atoms with Crippen LogP contribution in [0.2, 0.25) is 0 Å². The third-order valence-corrected chi connectivity index (χ3v) is 6.08. The highest BCUT2D eigenvalue weighted by Gasteiger charge is 2.21. The van der Waals surface area contributed by atoms with E-state index in [0.29, 0.717) is 35.8 Å². The van der Waals surface area contributed by atoms with Crippen LogP contribution < -0.4 is 21.2 Å². The first-order chi connectivity index (χ1) is 16.1. The van der Waals surface area contributed by atoms with Crippen LogP contribution in [0, 0.1) is 11.6 Å². The Bertz CT molecular complexity index is 1350. The van der Waals surface area contributed by atoms with Gasteiger partial charge in [-0.2, -0.15) is 0 Å². The molecule has 0 atom stereocenters. The standard InChI is InChI=1S/C25H24F2N4O2/c26-17-2-1-16-5-8-30-25(20(16)13-17)31-11-6-19(7-12-31)28-9-10-29-22-15-24(32)33-23-4-3-18(27)14-21(22)23/h1-5,8,13-15,19,28-29H,6-7,9-12H2. The molecule has 1 aliphatic rings. The Labute approximate surface area is 189 Å². The average molecular weight is 450 g/mol. The highest BCUT2D eigenvalue weighted by Crippen LogP contribution is 2.27. The predicted molar refractivity (Wildman–Crippen MR) is 126 cm³/mol. The molecule has 0 aliphatic carbocycles. The minimum absolute atomic E-state index is 0.257. The summed E-state index contributed by atoms with van der Waals surface area (Å²) in [5.74, 6) is 0.189. The van der Waals surface area contributed by atoms with Gasteiger partial charge in [-0.1, -0.05) is 6.07 Å². The normalized spacial score (nSPS) is 14.8. The van der Waals surface area contributed by atoms with E-state index in [1.54, 1.807) is 18.3 Å².